The number of aromatic nitrogens is 4. The Bertz CT molecular complexity index is 895. The predicted octanol–water partition coefficient (Wildman–Crippen LogP) is 2.09. The van der Waals surface area contributed by atoms with E-state index in [1.165, 1.54) is 24.2 Å². The van der Waals surface area contributed by atoms with Crippen molar-refractivity contribution in [2.45, 2.75) is 18.1 Å². The normalized spacial score (nSPS) is 12.2. The van der Waals surface area contributed by atoms with Crippen LogP contribution in [0.1, 0.15) is 18.5 Å². The van der Waals surface area contributed by atoms with Crippen molar-refractivity contribution in [3.8, 4) is 0 Å². The Balaban J connectivity index is 2.22. The Morgan fingerprint density at radius 3 is 2.70 bits per heavy atom. The minimum atomic E-state index is -0.257. The lowest BCUT2D eigenvalue weighted by molar-refractivity contribution is -0.105. The van der Waals surface area contributed by atoms with Gasteiger partial charge in [-0.25, -0.2) is 15.0 Å². The van der Waals surface area contributed by atoms with E-state index in [1.807, 2.05) is 37.3 Å². The highest BCUT2D eigenvalue weighted by Gasteiger charge is 2.18. The molecule has 7 heteroatoms. The van der Waals surface area contributed by atoms with Crippen LogP contribution < -0.4 is 5.56 Å². The molecule has 116 valence electrons. The minimum Gasteiger partial charge on any atom is -0.302 e. The lowest BCUT2D eigenvalue weighted by Gasteiger charge is -2.19. The summed E-state index contributed by atoms with van der Waals surface area (Å²) >= 11 is 1.22. The van der Waals surface area contributed by atoms with Gasteiger partial charge in [-0.2, -0.15) is 0 Å². The molecule has 2 heterocycles. The highest BCUT2D eigenvalue weighted by Crippen LogP contribution is 2.23. The van der Waals surface area contributed by atoms with Crippen molar-refractivity contribution in [2.75, 3.05) is 5.75 Å². The average Bonchev–Trinajstić information content (AvgIpc) is 2.60. The van der Waals surface area contributed by atoms with Gasteiger partial charge in [-0.05, 0) is 12.5 Å². The number of benzene rings is 1. The topological polar surface area (TPSA) is 77.7 Å². The molecular formula is C16H14N4O2S. The van der Waals surface area contributed by atoms with Gasteiger partial charge >= 0.3 is 0 Å². The molecule has 6 nitrogen and oxygen atoms in total. The summed E-state index contributed by atoms with van der Waals surface area (Å²) in [7, 11) is 0. The van der Waals surface area contributed by atoms with E-state index in [0.29, 0.717) is 10.8 Å². The molecule has 0 fully saturated rings. The van der Waals surface area contributed by atoms with Crippen LogP contribution in [0.15, 0.2) is 52.7 Å². The zero-order valence-electron chi connectivity index (χ0n) is 12.4. The van der Waals surface area contributed by atoms with Crippen LogP contribution in [0, 0.1) is 0 Å². The molecule has 1 unspecified atom stereocenters. The van der Waals surface area contributed by atoms with E-state index in [-0.39, 0.29) is 22.9 Å². The molecule has 0 radical (unpaired) electrons. The zero-order chi connectivity index (χ0) is 16.2. The number of carbonyl (C=O) groups is 1. The summed E-state index contributed by atoms with van der Waals surface area (Å²) in [5.74, 6) is 0.222. The molecule has 0 aliphatic carbocycles. The second-order valence-corrected chi connectivity index (χ2v) is 5.85. The Labute approximate surface area is 136 Å². The molecule has 1 atom stereocenters. The number of carbonyl (C=O) groups excluding carboxylic acids is 1. The number of nitrogens with zero attached hydrogens (tertiary/aromatic N) is 4. The van der Waals surface area contributed by atoms with Gasteiger partial charge in [0.05, 0.1) is 11.8 Å². The lowest BCUT2D eigenvalue weighted by Crippen LogP contribution is -2.28. The first-order chi connectivity index (χ1) is 11.2. The van der Waals surface area contributed by atoms with Gasteiger partial charge in [0.2, 0.25) is 0 Å². The Morgan fingerprint density at radius 1 is 1.22 bits per heavy atom. The summed E-state index contributed by atoms with van der Waals surface area (Å²) in [4.78, 5) is 36.2. The van der Waals surface area contributed by atoms with Crippen LogP contribution in [0.5, 0.6) is 0 Å². The minimum absolute atomic E-state index is 0.222. The third-order valence-electron chi connectivity index (χ3n) is 3.46. The molecule has 23 heavy (non-hydrogen) atoms. The van der Waals surface area contributed by atoms with Crippen LogP contribution in [0.4, 0.5) is 0 Å². The maximum atomic E-state index is 12.8. The maximum absolute atomic E-state index is 12.8. The Hall–Kier alpha value is -2.54. The van der Waals surface area contributed by atoms with E-state index in [1.54, 1.807) is 4.57 Å². The van der Waals surface area contributed by atoms with Gasteiger partial charge in [0, 0.05) is 12.4 Å². The molecular weight excluding hydrogens is 312 g/mol. The number of hydrogen-bond acceptors (Lipinski definition) is 6. The van der Waals surface area contributed by atoms with E-state index in [4.69, 9.17) is 0 Å². The number of aldehydes is 1. The van der Waals surface area contributed by atoms with Gasteiger partial charge < -0.3 is 4.79 Å². The summed E-state index contributed by atoms with van der Waals surface area (Å²) in [5, 5.41) is 0.464. The highest BCUT2D eigenvalue weighted by molar-refractivity contribution is 7.99. The van der Waals surface area contributed by atoms with E-state index < -0.39 is 0 Å². The van der Waals surface area contributed by atoms with Gasteiger partial charge in [0.15, 0.2) is 16.3 Å². The van der Waals surface area contributed by atoms with Crippen LogP contribution in [0.2, 0.25) is 0 Å². The summed E-state index contributed by atoms with van der Waals surface area (Å²) in [5.41, 5.74) is 1.24. The molecule has 0 N–H and O–H groups in total. The SMILES string of the molecule is CC(c1ccccc1)n1c(SCC=O)nc2nccnc2c1=O. The van der Waals surface area contributed by atoms with Crippen molar-refractivity contribution >= 4 is 29.2 Å². The molecule has 0 amide bonds. The second kappa shape index (κ2) is 6.70. The largest absolute Gasteiger partial charge is 0.302 e. The first kappa shape index (κ1) is 15.4. The molecule has 3 rings (SSSR count). The van der Waals surface area contributed by atoms with Gasteiger partial charge in [0.1, 0.15) is 6.29 Å². The van der Waals surface area contributed by atoms with Crippen molar-refractivity contribution in [1.82, 2.24) is 19.5 Å². The molecule has 0 bridgehead atoms. The fourth-order valence-corrected chi connectivity index (χ4v) is 3.09. The van der Waals surface area contributed by atoms with Gasteiger partial charge in [0.25, 0.3) is 5.56 Å². The van der Waals surface area contributed by atoms with Crippen LogP contribution in [0.3, 0.4) is 0 Å². The number of fused-ring (bicyclic) bond motifs is 1. The van der Waals surface area contributed by atoms with Crippen LogP contribution >= 0.6 is 11.8 Å². The van der Waals surface area contributed by atoms with E-state index in [0.717, 1.165) is 11.8 Å². The van der Waals surface area contributed by atoms with Crippen LogP contribution in [-0.2, 0) is 4.79 Å². The van der Waals surface area contributed by atoms with Gasteiger partial charge in [-0.1, -0.05) is 42.1 Å². The number of hydrogen-bond donors (Lipinski definition) is 0. The van der Waals surface area contributed by atoms with Crippen molar-refractivity contribution in [1.29, 1.82) is 0 Å². The Morgan fingerprint density at radius 2 is 1.96 bits per heavy atom. The summed E-state index contributed by atoms with van der Waals surface area (Å²) in [6.07, 6.45) is 3.75. The molecule has 1 aromatic carbocycles. The molecule has 0 aliphatic heterocycles. The molecule has 2 aromatic heterocycles. The monoisotopic (exact) mass is 326 g/mol. The van der Waals surface area contributed by atoms with Crippen molar-refractivity contribution < 1.29 is 4.79 Å². The molecule has 3 aromatic rings. The van der Waals surface area contributed by atoms with Crippen molar-refractivity contribution in [3.05, 3.63) is 58.6 Å². The van der Waals surface area contributed by atoms with Crippen LogP contribution in [0.25, 0.3) is 11.2 Å². The molecule has 0 saturated carbocycles. The quantitative estimate of drug-likeness (QED) is 0.406. The fourth-order valence-electron chi connectivity index (χ4n) is 2.34. The van der Waals surface area contributed by atoms with Gasteiger partial charge in [-0.15, -0.1) is 0 Å². The molecule has 0 spiro atoms. The average molecular weight is 326 g/mol. The standard InChI is InChI=1S/C16H14N4O2S/c1-11(12-5-3-2-4-6-12)20-15(22)13-14(18-8-7-17-13)19-16(20)23-10-9-21/h2-9,11H,10H2,1H3. The highest BCUT2D eigenvalue weighted by atomic mass is 32.2. The third-order valence-corrected chi connectivity index (χ3v) is 4.31. The third kappa shape index (κ3) is 3.00. The van der Waals surface area contributed by atoms with Crippen molar-refractivity contribution in [3.63, 3.8) is 0 Å². The number of rotatable bonds is 5. The fraction of sp³-hybridized carbons (Fsp3) is 0.188. The van der Waals surface area contributed by atoms with E-state index in [2.05, 4.69) is 15.0 Å². The van der Waals surface area contributed by atoms with Crippen molar-refractivity contribution in [2.24, 2.45) is 0 Å². The maximum Gasteiger partial charge on any atom is 0.282 e. The first-order valence-corrected chi connectivity index (χ1v) is 8.05. The van der Waals surface area contributed by atoms with E-state index >= 15 is 0 Å². The summed E-state index contributed by atoms with van der Waals surface area (Å²) in [6.45, 7) is 1.92. The smallest absolute Gasteiger partial charge is 0.282 e. The Kier molecular flexibility index (Phi) is 4.47. The lowest BCUT2D eigenvalue weighted by atomic mass is 10.1. The second-order valence-electron chi connectivity index (χ2n) is 4.86. The summed E-state index contributed by atoms with van der Waals surface area (Å²) < 4.78 is 1.57. The van der Waals surface area contributed by atoms with Crippen LogP contribution in [-0.4, -0.2) is 31.6 Å². The molecule has 0 aliphatic rings. The molecule has 0 saturated heterocycles. The summed E-state index contributed by atoms with van der Waals surface area (Å²) in [6, 6.07) is 9.44. The first-order valence-electron chi connectivity index (χ1n) is 7.07. The van der Waals surface area contributed by atoms with E-state index in [9.17, 15) is 9.59 Å². The zero-order valence-corrected chi connectivity index (χ0v) is 13.2. The number of thioether (sulfide) groups is 1. The van der Waals surface area contributed by atoms with Gasteiger partial charge in [-0.3, -0.25) is 9.36 Å². The predicted molar refractivity (Wildman–Crippen MR) is 88.6 cm³/mol.